The van der Waals surface area contributed by atoms with Crippen molar-refractivity contribution in [1.82, 2.24) is 14.9 Å². The van der Waals surface area contributed by atoms with Crippen LogP contribution in [-0.4, -0.2) is 49.3 Å². The standard InChI is InChI=1S/C9H13N3O6S/c1-5-7(9(14)15)8(12-11-5)19(16,17)10-4-3-6(13)18-2/h10H,3-4H2,1-2H3,(H,11,12)(H,14,15). The summed E-state index contributed by atoms with van der Waals surface area (Å²) in [6.45, 7) is 1.18. The van der Waals surface area contributed by atoms with Crippen LogP contribution in [0.15, 0.2) is 5.03 Å². The van der Waals surface area contributed by atoms with Gasteiger partial charge in [0.1, 0.15) is 5.56 Å². The van der Waals surface area contributed by atoms with Crippen LogP contribution in [0.2, 0.25) is 0 Å². The third-order valence-corrected chi connectivity index (χ3v) is 3.62. The van der Waals surface area contributed by atoms with Crippen LogP contribution in [0.25, 0.3) is 0 Å². The van der Waals surface area contributed by atoms with Gasteiger partial charge in [-0.2, -0.15) is 5.10 Å². The van der Waals surface area contributed by atoms with Crippen LogP contribution in [0.1, 0.15) is 22.5 Å². The maximum atomic E-state index is 11.8. The van der Waals surface area contributed by atoms with Crippen LogP contribution in [0.5, 0.6) is 0 Å². The van der Waals surface area contributed by atoms with E-state index in [0.717, 1.165) is 0 Å². The van der Waals surface area contributed by atoms with Gasteiger partial charge in [-0.1, -0.05) is 0 Å². The number of hydrogen-bond acceptors (Lipinski definition) is 6. The number of carboxylic acid groups (broad SMARTS) is 1. The molecular formula is C9H13N3O6S. The van der Waals surface area contributed by atoms with Gasteiger partial charge in [-0.25, -0.2) is 17.9 Å². The number of nitrogens with one attached hydrogen (secondary N) is 2. The second kappa shape index (κ2) is 5.80. The summed E-state index contributed by atoms with van der Waals surface area (Å²) in [6, 6.07) is 0. The average Bonchev–Trinajstić information content (AvgIpc) is 2.71. The first-order valence-corrected chi connectivity index (χ1v) is 6.62. The van der Waals surface area contributed by atoms with Gasteiger partial charge in [0.05, 0.1) is 13.5 Å². The molecule has 0 atom stereocenters. The third-order valence-electron chi connectivity index (χ3n) is 2.23. The Hall–Kier alpha value is -1.94. The number of aromatic nitrogens is 2. The van der Waals surface area contributed by atoms with Crippen molar-refractivity contribution < 1.29 is 27.9 Å². The maximum Gasteiger partial charge on any atom is 0.340 e. The highest BCUT2D eigenvalue weighted by Gasteiger charge is 2.27. The summed E-state index contributed by atoms with van der Waals surface area (Å²) in [5, 5.41) is 14.1. The molecule has 9 nitrogen and oxygen atoms in total. The van der Waals surface area contributed by atoms with Crippen LogP contribution >= 0.6 is 0 Å². The molecule has 1 heterocycles. The number of rotatable bonds is 6. The molecule has 3 N–H and O–H groups in total. The number of carbonyl (C=O) groups is 2. The molecule has 1 rings (SSSR count). The Kier molecular flexibility index (Phi) is 4.62. The van der Waals surface area contributed by atoms with Crippen molar-refractivity contribution in [3.05, 3.63) is 11.3 Å². The van der Waals surface area contributed by atoms with Crippen molar-refractivity contribution in [1.29, 1.82) is 0 Å². The molecule has 0 saturated carbocycles. The molecule has 0 amide bonds. The zero-order valence-electron chi connectivity index (χ0n) is 10.3. The highest BCUT2D eigenvalue weighted by Crippen LogP contribution is 2.15. The number of carbonyl (C=O) groups excluding carboxylic acids is 1. The quantitative estimate of drug-likeness (QED) is 0.586. The van der Waals surface area contributed by atoms with E-state index in [2.05, 4.69) is 19.7 Å². The normalized spacial score (nSPS) is 11.3. The number of hydrogen-bond donors (Lipinski definition) is 3. The number of aromatic amines is 1. The Morgan fingerprint density at radius 3 is 2.63 bits per heavy atom. The minimum atomic E-state index is -4.10. The average molecular weight is 291 g/mol. The van der Waals surface area contributed by atoms with E-state index in [4.69, 9.17) is 5.11 Å². The number of aryl methyl sites for hydroxylation is 1. The largest absolute Gasteiger partial charge is 0.478 e. The van der Waals surface area contributed by atoms with E-state index < -0.39 is 32.6 Å². The van der Waals surface area contributed by atoms with E-state index >= 15 is 0 Å². The highest BCUT2D eigenvalue weighted by molar-refractivity contribution is 7.89. The van der Waals surface area contributed by atoms with Crippen LogP contribution in [0.4, 0.5) is 0 Å². The molecule has 1 aromatic rings. The minimum absolute atomic E-state index is 0.126. The molecule has 0 fully saturated rings. The van der Waals surface area contributed by atoms with Gasteiger partial charge < -0.3 is 9.84 Å². The SMILES string of the molecule is COC(=O)CCNS(=O)(=O)c1n[nH]c(C)c1C(=O)O. The Morgan fingerprint density at radius 2 is 2.11 bits per heavy atom. The van der Waals surface area contributed by atoms with Crippen molar-refractivity contribution in [2.45, 2.75) is 18.4 Å². The van der Waals surface area contributed by atoms with E-state index in [1.165, 1.54) is 14.0 Å². The lowest BCUT2D eigenvalue weighted by atomic mass is 10.3. The van der Waals surface area contributed by atoms with E-state index in [1.807, 2.05) is 0 Å². The summed E-state index contributed by atoms with van der Waals surface area (Å²) in [5.74, 6) is -1.99. The Morgan fingerprint density at radius 1 is 1.47 bits per heavy atom. The van der Waals surface area contributed by atoms with Crippen LogP contribution in [-0.2, 0) is 19.6 Å². The summed E-state index contributed by atoms with van der Waals surface area (Å²) in [7, 11) is -2.92. The second-order valence-electron chi connectivity index (χ2n) is 3.56. The van der Waals surface area contributed by atoms with Gasteiger partial charge in [0.2, 0.25) is 5.03 Å². The van der Waals surface area contributed by atoms with E-state index in [1.54, 1.807) is 0 Å². The van der Waals surface area contributed by atoms with Gasteiger partial charge in [-0.15, -0.1) is 0 Å². The van der Waals surface area contributed by atoms with Crippen molar-refractivity contribution >= 4 is 22.0 Å². The topological polar surface area (TPSA) is 138 Å². The zero-order chi connectivity index (χ0) is 14.6. The lowest BCUT2D eigenvalue weighted by Crippen LogP contribution is -2.28. The smallest absolute Gasteiger partial charge is 0.340 e. The molecule has 0 aliphatic rings. The van der Waals surface area contributed by atoms with Crippen molar-refractivity contribution in [3.63, 3.8) is 0 Å². The fraction of sp³-hybridized carbons (Fsp3) is 0.444. The number of nitrogens with zero attached hydrogens (tertiary/aromatic N) is 1. The van der Waals surface area contributed by atoms with Crippen LogP contribution in [0.3, 0.4) is 0 Å². The third kappa shape index (κ3) is 3.51. The zero-order valence-corrected chi connectivity index (χ0v) is 11.1. The molecule has 19 heavy (non-hydrogen) atoms. The molecule has 0 spiro atoms. The molecular weight excluding hydrogens is 278 g/mol. The molecule has 1 aromatic heterocycles. The number of carboxylic acids is 1. The fourth-order valence-corrected chi connectivity index (χ4v) is 2.49. The van der Waals surface area contributed by atoms with E-state index in [0.29, 0.717) is 0 Å². The lowest BCUT2D eigenvalue weighted by molar-refractivity contribution is -0.140. The maximum absolute atomic E-state index is 11.8. The monoisotopic (exact) mass is 291 g/mol. The lowest BCUT2D eigenvalue weighted by Gasteiger charge is -2.04. The number of aromatic carboxylic acids is 1. The van der Waals surface area contributed by atoms with Crippen molar-refractivity contribution in [3.8, 4) is 0 Å². The minimum Gasteiger partial charge on any atom is -0.478 e. The van der Waals surface area contributed by atoms with E-state index in [9.17, 15) is 18.0 Å². The first-order valence-electron chi connectivity index (χ1n) is 5.14. The van der Waals surface area contributed by atoms with Crippen LogP contribution < -0.4 is 4.72 Å². The molecule has 0 bridgehead atoms. The van der Waals surface area contributed by atoms with E-state index in [-0.39, 0.29) is 18.7 Å². The first-order chi connectivity index (χ1) is 8.79. The summed E-state index contributed by atoms with van der Waals surface area (Å²) in [6.07, 6.45) is -0.165. The molecule has 10 heteroatoms. The van der Waals surface area contributed by atoms with Gasteiger partial charge in [-0.3, -0.25) is 9.89 Å². The molecule has 0 aromatic carbocycles. The second-order valence-corrected chi connectivity index (χ2v) is 5.24. The molecule has 0 aliphatic heterocycles. The van der Waals surface area contributed by atoms with Crippen molar-refractivity contribution in [2.75, 3.05) is 13.7 Å². The summed E-state index contributed by atoms with van der Waals surface area (Å²) in [4.78, 5) is 21.8. The Labute approximate surface area is 109 Å². The number of H-pyrrole nitrogens is 1. The molecule has 0 saturated heterocycles. The number of sulfonamides is 1. The van der Waals surface area contributed by atoms with Crippen LogP contribution in [0, 0.1) is 6.92 Å². The van der Waals surface area contributed by atoms with Gasteiger partial charge in [0.25, 0.3) is 10.0 Å². The molecule has 0 aliphatic carbocycles. The predicted octanol–water partition coefficient (Wildman–Crippen LogP) is -0.742. The molecule has 0 unspecified atom stereocenters. The van der Waals surface area contributed by atoms with Gasteiger partial charge in [-0.05, 0) is 6.92 Å². The summed E-state index contributed by atoms with van der Waals surface area (Å²) in [5.41, 5.74) is -0.300. The number of methoxy groups -OCH3 is 1. The number of ether oxygens (including phenoxy) is 1. The number of esters is 1. The summed E-state index contributed by atoms with van der Waals surface area (Å²) < 4.78 is 30.1. The van der Waals surface area contributed by atoms with Gasteiger partial charge in [0, 0.05) is 12.2 Å². The fourth-order valence-electron chi connectivity index (χ4n) is 1.31. The highest BCUT2D eigenvalue weighted by atomic mass is 32.2. The van der Waals surface area contributed by atoms with Gasteiger partial charge in [0.15, 0.2) is 0 Å². The Balaban J connectivity index is 2.89. The first kappa shape index (κ1) is 15.1. The Bertz CT molecular complexity index is 591. The van der Waals surface area contributed by atoms with Gasteiger partial charge >= 0.3 is 11.9 Å². The molecule has 106 valence electrons. The predicted molar refractivity (Wildman–Crippen MR) is 62.1 cm³/mol. The molecule has 0 radical (unpaired) electrons. The summed E-state index contributed by atoms with van der Waals surface area (Å²) >= 11 is 0. The van der Waals surface area contributed by atoms with Crippen molar-refractivity contribution in [2.24, 2.45) is 0 Å².